The fourth-order valence-electron chi connectivity index (χ4n) is 4.72. The summed E-state index contributed by atoms with van der Waals surface area (Å²) >= 11 is 28.2. The largest absolute Gasteiger partial charge is 0.480 e. The second-order valence-corrected chi connectivity index (χ2v) is 15.9. The Balaban J connectivity index is 0. The summed E-state index contributed by atoms with van der Waals surface area (Å²) in [6, 6.07) is 0. The van der Waals surface area contributed by atoms with Gasteiger partial charge in [0.1, 0.15) is 29.9 Å². The minimum Gasteiger partial charge on any atom is -0.480 e. The number of nitrogens with zero attached hydrogens (tertiary/aromatic N) is 9. The molecule has 0 aromatic carbocycles. The van der Waals surface area contributed by atoms with E-state index in [1.807, 2.05) is 20.8 Å². The van der Waals surface area contributed by atoms with Crippen molar-refractivity contribution in [1.29, 1.82) is 0 Å². The number of aromatic nitrogens is 8. The standard InChI is InChI=1S/C10H14ClN3O3.C10H15N3O3.C8H8Cl2N2O.C7H6Cl2N2O3.C6H10N2.C3H7N/c1-3-4-12-9-10(17)14(5-7(15)16)6(2)8(11)13-9;1-3-4-11-9-10(16)13(6-8(14)15)7(2)5-12-9;1-3-4-12-5(2)6(9)11-7(10)8(12)13;1-3-5(8)10-6(9)7(14)11(3)2-4(12)13;1-4-5-8-6(2)7-3;1-2-3-4/h3-5H2,1-2H3,(H,12,13)(H,15,16);5H,3-4,6H2,1-2H3,(H,11,12)(H,14,15);3H,1,4H2,2H3;2H2,1H3,(H,12,13);4,6,8H,1,5H2,2H3;2H,1,3-4H2. The summed E-state index contributed by atoms with van der Waals surface area (Å²) in [4.78, 5) is 96.4. The highest BCUT2D eigenvalue weighted by Crippen LogP contribution is 2.14. The molecule has 0 amide bonds. The van der Waals surface area contributed by atoms with E-state index >= 15 is 0 Å². The molecular weight excluding hydrogens is 1050 g/mol. The SMILES string of the molecule is C=CCN.C=CCn1c(C)c(Cl)nc(Cl)c1=O.CCCNc1nc(Cl)c(C)n(CC(=O)O)c1=O.CCCNc1ncc(C)n(CC(=O)O)c1=O.Cc1c(Cl)nc(Cl)c(=O)n1CC(=O)O.[C-]#[N+]C(C)NCC=C. The summed E-state index contributed by atoms with van der Waals surface area (Å²) in [5.41, 5.74) is 4.81. The van der Waals surface area contributed by atoms with Gasteiger partial charge in [0.05, 0.1) is 17.1 Å². The van der Waals surface area contributed by atoms with Gasteiger partial charge >= 0.3 is 17.9 Å². The van der Waals surface area contributed by atoms with Gasteiger partial charge < -0.3 is 36.3 Å². The summed E-state index contributed by atoms with van der Waals surface area (Å²) in [7, 11) is 0. The van der Waals surface area contributed by atoms with Crippen molar-refractivity contribution in [2.45, 2.75) is 93.7 Å². The van der Waals surface area contributed by atoms with Gasteiger partial charge in [-0.3, -0.25) is 52.1 Å². The van der Waals surface area contributed by atoms with Crippen molar-refractivity contribution in [2.75, 3.05) is 36.8 Å². The van der Waals surface area contributed by atoms with E-state index in [-0.39, 0.29) is 61.4 Å². The van der Waals surface area contributed by atoms with E-state index in [4.69, 9.17) is 85.6 Å². The lowest BCUT2D eigenvalue weighted by atomic mass is 10.4. The number of carboxylic acid groups (broad SMARTS) is 3. The van der Waals surface area contributed by atoms with Gasteiger partial charge in [-0.2, -0.15) is 0 Å². The fraction of sp³-hybridized carbons (Fsp3) is 0.409. The van der Waals surface area contributed by atoms with E-state index in [1.165, 1.54) is 22.3 Å². The van der Waals surface area contributed by atoms with Crippen LogP contribution in [0.15, 0.2) is 63.3 Å². The van der Waals surface area contributed by atoms with E-state index < -0.39 is 47.7 Å². The zero-order chi connectivity index (χ0) is 55.8. The Morgan fingerprint density at radius 1 is 0.667 bits per heavy atom. The van der Waals surface area contributed by atoms with Crippen molar-refractivity contribution < 1.29 is 29.7 Å². The van der Waals surface area contributed by atoms with Gasteiger partial charge in [0.15, 0.2) is 27.1 Å². The molecule has 0 fully saturated rings. The van der Waals surface area contributed by atoms with Crippen molar-refractivity contribution in [3.63, 3.8) is 0 Å². The van der Waals surface area contributed by atoms with Gasteiger partial charge in [0.25, 0.3) is 28.4 Å². The smallest absolute Gasteiger partial charge is 0.323 e. The molecule has 0 bridgehead atoms. The first-order chi connectivity index (χ1) is 33.8. The number of carbonyl (C=O) groups is 3. The monoisotopic (exact) mass is 1110 g/mol. The van der Waals surface area contributed by atoms with Gasteiger partial charge in [0.2, 0.25) is 0 Å². The molecule has 23 nitrogen and oxygen atoms in total. The molecule has 0 spiro atoms. The van der Waals surface area contributed by atoms with Gasteiger partial charge in [-0.05, 0) is 40.5 Å². The van der Waals surface area contributed by atoms with Gasteiger partial charge in [-0.1, -0.05) is 90.1 Å². The Bertz CT molecular complexity index is 2760. The molecule has 0 aliphatic carbocycles. The molecule has 8 N–H and O–H groups in total. The topological polar surface area (TPSA) is 318 Å². The molecule has 4 aromatic rings. The molecule has 72 heavy (non-hydrogen) atoms. The zero-order valence-electron chi connectivity index (χ0n) is 40.8. The number of nitrogens with one attached hydrogen (secondary N) is 3. The summed E-state index contributed by atoms with van der Waals surface area (Å²) in [5, 5.41) is 34.5. The van der Waals surface area contributed by atoms with Crippen molar-refractivity contribution in [2.24, 2.45) is 5.73 Å². The Hall–Kier alpha value is -6.39. The Labute approximate surface area is 440 Å². The number of allylic oxidation sites excluding steroid dienone is 1. The summed E-state index contributed by atoms with van der Waals surface area (Å²) in [6.07, 6.45) is 8.10. The molecular formula is C44H60Cl5N13O10. The van der Waals surface area contributed by atoms with E-state index in [9.17, 15) is 33.6 Å². The fourth-order valence-corrected chi connectivity index (χ4v) is 5.74. The molecule has 4 aromatic heterocycles. The number of aliphatic carboxylic acids is 3. The third kappa shape index (κ3) is 24.6. The molecule has 28 heteroatoms. The predicted octanol–water partition coefficient (Wildman–Crippen LogP) is 5.72. The maximum atomic E-state index is 11.9. The number of rotatable bonds is 18. The minimum absolute atomic E-state index is 0.0239. The Kier molecular flexibility index (Phi) is 34.3. The van der Waals surface area contributed by atoms with E-state index in [1.54, 1.807) is 39.0 Å². The number of aryl methyl sites for hydroxylation is 1. The molecule has 396 valence electrons. The molecule has 4 heterocycles. The van der Waals surface area contributed by atoms with Crippen LogP contribution in [0.2, 0.25) is 25.8 Å². The number of nitrogens with two attached hydrogens (primary N) is 1. The number of hydrogen-bond acceptors (Lipinski definition) is 15. The van der Waals surface area contributed by atoms with E-state index in [0.717, 1.165) is 22.0 Å². The van der Waals surface area contributed by atoms with Crippen molar-refractivity contribution in [3.8, 4) is 0 Å². The van der Waals surface area contributed by atoms with Gasteiger partial charge in [-0.15, -0.1) is 19.7 Å². The number of hydrogen-bond donors (Lipinski definition) is 7. The molecule has 4 rings (SSSR count). The van der Waals surface area contributed by atoms with Crippen LogP contribution in [0.5, 0.6) is 0 Å². The average molecular weight is 1110 g/mol. The lowest BCUT2D eigenvalue weighted by Crippen LogP contribution is -2.30. The normalized spacial score (nSPS) is 10.2. The second-order valence-electron chi connectivity index (χ2n) is 14.1. The summed E-state index contributed by atoms with van der Waals surface area (Å²) < 4.78 is 4.66. The lowest BCUT2D eigenvalue weighted by Gasteiger charge is -2.11. The van der Waals surface area contributed by atoms with Crippen LogP contribution in [0.1, 0.15) is 56.4 Å². The molecule has 0 radical (unpaired) electrons. The number of carboxylic acids is 3. The van der Waals surface area contributed by atoms with Gasteiger partial charge in [0, 0.05) is 51.5 Å². The molecule has 1 unspecified atom stereocenters. The molecule has 0 aliphatic rings. The zero-order valence-corrected chi connectivity index (χ0v) is 44.6. The quantitative estimate of drug-likeness (QED) is 0.0463. The first-order valence-electron chi connectivity index (χ1n) is 21.2. The average Bonchev–Trinajstić information content (AvgIpc) is 3.33. The molecule has 1 atom stereocenters. The maximum Gasteiger partial charge on any atom is 0.323 e. The molecule has 0 saturated heterocycles. The van der Waals surface area contributed by atoms with Crippen LogP contribution in [0.3, 0.4) is 0 Å². The van der Waals surface area contributed by atoms with Crippen LogP contribution in [0.25, 0.3) is 4.85 Å². The second kappa shape index (κ2) is 36.5. The van der Waals surface area contributed by atoms with Crippen LogP contribution >= 0.6 is 58.0 Å². The lowest BCUT2D eigenvalue weighted by molar-refractivity contribution is -0.138. The summed E-state index contributed by atoms with van der Waals surface area (Å²) in [5.74, 6) is -3.00. The number of anilines is 2. The van der Waals surface area contributed by atoms with Crippen molar-refractivity contribution in [1.82, 2.24) is 43.5 Å². The summed E-state index contributed by atoms with van der Waals surface area (Å²) in [6.45, 7) is 30.7. The highest BCUT2D eigenvalue weighted by Gasteiger charge is 2.15. The first kappa shape index (κ1) is 67.7. The van der Waals surface area contributed by atoms with E-state index in [2.05, 4.69) is 60.5 Å². The van der Waals surface area contributed by atoms with Crippen LogP contribution < -0.4 is 43.9 Å². The Morgan fingerprint density at radius 3 is 1.46 bits per heavy atom. The van der Waals surface area contributed by atoms with Crippen LogP contribution in [-0.4, -0.2) is 104 Å². The third-order valence-corrected chi connectivity index (χ3v) is 10.0. The number of halogens is 5. The van der Waals surface area contributed by atoms with Crippen LogP contribution in [0, 0.1) is 34.3 Å². The third-order valence-electron chi connectivity index (χ3n) is 8.45. The molecule has 0 aliphatic heterocycles. The van der Waals surface area contributed by atoms with Crippen LogP contribution in [-0.2, 0) is 40.6 Å². The van der Waals surface area contributed by atoms with Crippen LogP contribution in [0.4, 0.5) is 11.6 Å². The first-order valence-corrected chi connectivity index (χ1v) is 23.1. The maximum absolute atomic E-state index is 11.9. The van der Waals surface area contributed by atoms with E-state index in [0.29, 0.717) is 49.8 Å². The van der Waals surface area contributed by atoms with Crippen molar-refractivity contribution >= 4 is 87.5 Å². The Morgan fingerprint density at radius 2 is 1.06 bits per heavy atom. The highest BCUT2D eigenvalue weighted by atomic mass is 35.5. The molecule has 0 saturated carbocycles. The highest BCUT2D eigenvalue weighted by molar-refractivity contribution is 6.33. The van der Waals surface area contributed by atoms with Gasteiger partial charge in [-0.25, -0.2) is 31.8 Å². The van der Waals surface area contributed by atoms with Crippen molar-refractivity contribution in [3.05, 3.63) is 146 Å². The minimum atomic E-state index is -1.14. The predicted molar refractivity (Wildman–Crippen MR) is 282 cm³/mol.